The molecule has 2 amide bonds. The molecule has 0 bridgehead atoms. The number of nitrogens with zero attached hydrogens (tertiary/aromatic N) is 2. The van der Waals surface area contributed by atoms with Crippen molar-refractivity contribution in [1.29, 1.82) is 5.26 Å². The Morgan fingerprint density at radius 3 is 2.43 bits per heavy atom. The number of aliphatic carboxylic acids is 1. The molecule has 0 saturated heterocycles. The molecule has 120 valence electrons. The highest BCUT2D eigenvalue weighted by molar-refractivity contribution is 5.73. The molecule has 0 heterocycles. The van der Waals surface area contributed by atoms with Gasteiger partial charge in [0, 0.05) is 26.6 Å². The molecule has 2 N–H and O–H groups in total. The van der Waals surface area contributed by atoms with Crippen molar-refractivity contribution in [2.45, 2.75) is 46.5 Å². The Kier molecular flexibility index (Phi) is 8.44. The Hall–Kier alpha value is -1.77. The zero-order valence-corrected chi connectivity index (χ0v) is 13.5. The summed E-state index contributed by atoms with van der Waals surface area (Å²) in [6.45, 7) is 7.17. The standard InChI is InChI=1S/C15H27N3O3/c1-15(2,3)12(6-7-13(19)20)8-10-17-14(21)18(4)11-5-9-16/h12H,5-8,10-11H2,1-4H3,(H,17,21)(H,19,20). The van der Waals surface area contributed by atoms with Crippen LogP contribution in [0.25, 0.3) is 0 Å². The molecule has 0 fully saturated rings. The van der Waals surface area contributed by atoms with E-state index in [0.29, 0.717) is 25.9 Å². The van der Waals surface area contributed by atoms with Crippen molar-refractivity contribution >= 4 is 12.0 Å². The lowest BCUT2D eigenvalue weighted by atomic mass is 9.76. The van der Waals surface area contributed by atoms with Crippen LogP contribution >= 0.6 is 0 Å². The first-order valence-corrected chi connectivity index (χ1v) is 7.26. The molecule has 0 aromatic heterocycles. The monoisotopic (exact) mass is 297 g/mol. The van der Waals surface area contributed by atoms with Crippen LogP contribution in [0.5, 0.6) is 0 Å². The van der Waals surface area contributed by atoms with Crippen molar-refractivity contribution in [3.8, 4) is 6.07 Å². The number of amides is 2. The minimum absolute atomic E-state index is 0.00683. The molecule has 1 unspecified atom stereocenters. The van der Waals surface area contributed by atoms with Crippen molar-refractivity contribution in [1.82, 2.24) is 10.2 Å². The number of urea groups is 1. The van der Waals surface area contributed by atoms with Crippen molar-refractivity contribution in [3.63, 3.8) is 0 Å². The van der Waals surface area contributed by atoms with E-state index in [1.165, 1.54) is 4.90 Å². The molecular weight excluding hydrogens is 270 g/mol. The maximum Gasteiger partial charge on any atom is 0.317 e. The minimum Gasteiger partial charge on any atom is -0.481 e. The number of nitrogens with one attached hydrogen (secondary N) is 1. The van der Waals surface area contributed by atoms with Crippen molar-refractivity contribution < 1.29 is 14.7 Å². The van der Waals surface area contributed by atoms with Gasteiger partial charge < -0.3 is 15.3 Å². The summed E-state index contributed by atoms with van der Waals surface area (Å²) in [7, 11) is 1.65. The topological polar surface area (TPSA) is 93.4 Å². The van der Waals surface area contributed by atoms with Crippen molar-refractivity contribution in [3.05, 3.63) is 0 Å². The van der Waals surface area contributed by atoms with E-state index in [1.54, 1.807) is 7.05 Å². The predicted molar refractivity (Wildman–Crippen MR) is 80.7 cm³/mol. The van der Waals surface area contributed by atoms with E-state index in [9.17, 15) is 9.59 Å². The van der Waals surface area contributed by atoms with E-state index >= 15 is 0 Å². The molecule has 0 saturated carbocycles. The summed E-state index contributed by atoms with van der Waals surface area (Å²) < 4.78 is 0. The smallest absolute Gasteiger partial charge is 0.317 e. The largest absolute Gasteiger partial charge is 0.481 e. The maximum absolute atomic E-state index is 11.8. The Bertz CT molecular complexity index is 383. The second-order valence-electron chi connectivity index (χ2n) is 6.35. The lowest BCUT2D eigenvalue weighted by Gasteiger charge is -2.30. The number of hydrogen-bond donors (Lipinski definition) is 2. The zero-order chi connectivity index (χ0) is 16.5. The summed E-state index contributed by atoms with van der Waals surface area (Å²) in [6.07, 6.45) is 1.82. The lowest BCUT2D eigenvalue weighted by Crippen LogP contribution is -2.39. The molecule has 0 aromatic rings. The first kappa shape index (κ1) is 19.2. The van der Waals surface area contributed by atoms with E-state index < -0.39 is 5.97 Å². The molecular formula is C15H27N3O3. The van der Waals surface area contributed by atoms with Gasteiger partial charge >= 0.3 is 12.0 Å². The van der Waals surface area contributed by atoms with Crippen LogP contribution in [-0.2, 0) is 4.79 Å². The summed E-state index contributed by atoms with van der Waals surface area (Å²) in [5.74, 6) is -0.553. The first-order chi connectivity index (χ1) is 9.68. The fraction of sp³-hybridized carbons (Fsp3) is 0.800. The summed E-state index contributed by atoms with van der Waals surface area (Å²) in [6, 6.07) is 1.80. The fourth-order valence-corrected chi connectivity index (χ4v) is 2.12. The van der Waals surface area contributed by atoms with Crippen LogP contribution in [0.2, 0.25) is 0 Å². The Balaban J connectivity index is 4.22. The van der Waals surface area contributed by atoms with Gasteiger partial charge in [-0.3, -0.25) is 4.79 Å². The van der Waals surface area contributed by atoms with Gasteiger partial charge in [-0.15, -0.1) is 0 Å². The molecule has 0 aliphatic rings. The number of nitriles is 1. The van der Waals surface area contributed by atoms with Crippen LogP contribution in [0.3, 0.4) is 0 Å². The van der Waals surface area contributed by atoms with Gasteiger partial charge in [-0.25, -0.2) is 4.79 Å². The van der Waals surface area contributed by atoms with Gasteiger partial charge in [-0.2, -0.15) is 5.26 Å². The number of carbonyl (C=O) groups is 2. The van der Waals surface area contributed by atoms with Crippen LogP contribution < -0.4 is 5.32 Å². The summed E-state index contributed by atoms with van der Waals surface area (Å²) in [5, 5.41) is 20.1. The highest BCUT2D eigenvalue weighted by Gasteiger charge is 2.25. The molecule has 6 heteroatoms. The first-order valence-electron chi connectivity index (χ1n) is 7.26. The second kappa shape index (κ2) is 9.22. The van der Waals surface area contributed by atoms with E-state index in [0.717, 1.165) is 6.42 Å². The van der Waals surface area contributed by atoms with Gasteiger partial charge in [0.2, 0.25) is 0 Å². The second-order valence-corrected chi connectivity index (χ2v) is 6.35. The van der Waals surface area contributed by atoms with Crippen LogP contribution in [0.15, 0.2) is 0 Å². The summed E-state index contributed by atoms with van der Waals surface area (Å²) in [4.78, 5) is 23.9. The zero-order valence-electron chi connectivity index (χ0n) is 13.5. The van der Waals surface area contributed by atoms with E-state index in [1.807, 2.05) is 6.07 Å². The van der Waals surface area contributed by atoms with E-state index in [4.69, 9.17) is 10.4 Å². The number of hydrogen-bond acceptors (Lipinski definition) is 3. The van der Waals surface area contributed by atoms with Gasteiger partial charge in [0.05, 0.1) is 12.5 Å². The highest BCUT2D eigenvalue weighted by atomic mass is 16.4. The SMILES string of the molecule is CN(CCC#N)C(=O)NCCC(CCC(=O)O)C(C)(C)C. The normalized spacial score (nSPS) is 12.3. The quantitative estimate of drug-likeness (QED) is 0.719. The Morgan fingerprint density at radius 1 is 1.33 bits per heavy atom. The average molecular weight is 297 g/mol. The van der Waals surface area contributed by atoms with Crippen molar-refractivity contribution in [2.75, 3.05) is 20.1 Å². The number of carboxylic acids is 1. The third kappa shape index (κ3) is 8.90. The van der Waals surface area contributed by atoms with Crippen LogP contribution in [0.4, 0.5) is 4.79 Å². The Labute approximate surface area is 127 Å². The molecule has 0 radical (unpaired) electrons. The third-order valence-corrected chi connectivity index (χ3v) is 3.61. The molecule has 0 aliphatic heterocycles. The van der Waals surface area contributed by atoms with Crippen LogP contribution in [0.1, 0.15) is 46.5 Å². The van der Waals surface area contributed by atoms with Crippen molar-refractivity contribution in [2.24, 2.45) is 11.3 Å². The minimum atomic E-state index is -0.787. The molecule has 1 atom stereocenters. The van der Waals surface area contributed by atoms with Gasteiger partial charge in [0.25, 0.3) is 0 Å². The molecule has 0 aromatic carbocycles. The maximum atomic E-state index is 11.8. The summed E-state index contributed by atoms with van der Waals surface area (Å²) in [5.41, 5.74) is 0.00683. The molecule has 0 rings (SSSR count). The fourth-order valence-electron chi connectivity index (χ4n) is 2.12. The van der Waals surface area contributed by atoms with Crippen LogP contribution in [-0.4, -0.2) is 42.1 Å². The van der Waals surface area contributed by atoms with Gasteiger partial charge in [-0.1, -0.05) is 20.8 Å². The third-order valence-electron chi connectivity index (χ3n) is 3.61. The van der Waals surface area contributed by atoms with E-state index in [2.05, 4.69) is 26.1 Å². The number of carboxylic acid groups (broad SMARTS) is 1. The predicted octanol–water partition coefficient (Wildman–Crippen LogP) is 2.46. The molecule has 0 aliphatic carbocycles. The Morgan fingerprint density at radius 2 is 1.95 bits per heavy atom. The van der Waals surface area contributed by atoms with E-state index in [-0.39, 0.29) is 23.8 Å². The van der Waals surface area contributed by atoms with Gasteiger partial charge in [0.1, 0.15) is 0 Å². The molecule has 6 nitrogen and oxygen atoms in total. The molecule has 21 heavy (non-hydrogen) atoms. The van der Waals surface area contributed by atoms with Gasteiger partial charge in [0.15, 0.2) is 0 Å². The number of carbonyl (C=O) groups excluding carboxylic acids is 1. The van der Waals surface area contributed by atoms with Gasteiger partial charge in [-0.05, 0) is 24.2 Å². The number of rotatable bonds is 8. The highest BCUT2D eigenvalue weighted by Crippen LogP contribution is 2.32. The summed E-state index contributed by atoms with van der Waals surface area (Å²) >= 11 is 0. The average Bonchev–Trinajstić information content (AvgIpc) is 2.37. The lowest BCUT2D eigenvalue weighted by molar-refractivity contribution is -0.137. The van der Waals surface area contributed by atoms with Crippen LogP contribution in [0, 0.1) is 22.7 Å². The molecule has 0 spiro atoms.